The number of rotatable bonds is 1. The third-order valence-corrected chi connectivity index (χ3v) is 3.38. The minimum Gasteiger partial charge on any atom is -0.465 e. The van der Waals surface area contributed by atoms with Gasteiger partial charge in [0, 0.05) is 5.56 Å². The Labute approximate surface area is 95.3 Å². The first-order valence-electron chi connectivity index (χ1n) is 4.63. The molecule has 0 aliphatic carbocycles. The van der Waals surface area contributed by atoms with Crippen LogP contribution in [0, 0.1) is 11.5 Å². The topological polar surface area (TPSA) is 26.3 Å². The molecular formula is C11H14O2SSi. The zero-order valence-corrected chi connectivity index (χ0v) is 11.2. The van der Waals surface area contributed by atoms with E-state index in [-0.39, 0.29) is 5.97 Å². The predicted molar refractivity (Wildman–Crippen MR) is 65.9 cm³/mol. The third kappa shape index (κ3) is 3.54. The molecule has 1 rings (SSSR count). The second-order valence-electron chi connectivity index (χ2n) is 4.15. The van der Waals surface area contributed by atoms with Gasteiger partial charge in [0.05, 0.1) is 7.11 Å². The summed E-state index contributed by atoms with van der Waals surface area (Å²) in [6.45, 7) is 6.51. The molecule has 80 valence electrons. The van der Waals surface area contributed by atoms with Crippen molar-refractivity contribution < 1.29 is 9.53 Å². The minimum atomic E-state index is -1.39. The molecule has 0 aliphatic rings. The summed E-state index contributed by atoms with van der Waals surface area (Å²) in [4.78, 5) is 12.0. The Balaban J connectivity index is 3.00. The van der Waals surface area contributed by atoms with Gasteiger partial charge in [0.15, 0.2) is 0 Å². The fraction of sp³-hybridized carbons (Fsp3) is 0.364. The molecule has 1 aromatic heterocycles. The largest absolute Gasteiger partial charge is 0.465 e. The Morgan fingerprint density at radius 3 is 2.67 bits per heavy atom. The number of carbonyl (C=O) groups is 1. The Morgan fingerprint density at radius 2 is 2.13 bits per heavy atom. The van der Waals surface area contributed by atoms with Crippen molar-refractivity contribution in [2.24, 2.45) is 0 Å². The SMILES string of the molecule is COC(=O)c1sccc1C#C[Si](C)(C)C. The number of hydrogen-bond donors (Lipinski definition) is 0. The molecule has 1 heterocycles. The minimum absolute atomic E-state index is 0.301. The van der Waals surface area contributed by atoms with E-state index in [1.807, 2.05) is 11.4 Å². The molecule has 0 spiro atoms. The Kier molecular flexibility index (Phi) is 3.72. The smallest absolute Gasteiger partial charge is 0.349 e. The van der Waals surface area contributed by atoms with E-state index in [0.29, 0.717) is 4.88 Å². The second-order valence-corrected chi connectivity index (χ2v) is 9.82. The molecule has 2 nitrogen and oxygen atoms in total. The second kappa shape index (κ2) is 4.64. The highest BCUT2D eigenvalue weighted by molar-refractivity contribution is 7.12. The summed E-state index contributed by atoms with van der Waals surface area (Å²) < 4.78 is 4.68. The highest BCUT2D eigenvalue weighted by Gasteiger charge is 2.13. The van der Waals surface area contributed by atoms with Crippen molar-refractivity contribution in [2.75, 3.05) is 7.11 Å². The van der Waals surface area contributed by atoms with Crippen molar-refractivity contribution in [1.29, 1.82) is 0 Å². The van der Waals surface area contributed by atoms with E-state index in [1.54, 1.807) is 0 Å². The third-order valence-electron chi connectivity index (χ3n) is 1.61. The summed E-state index contributed by atoms with van der Waals surface area (Å²) >= 11 is 1.37. The lowest BCUT2D eigenvalue weighted by atomic mass is 10.3. The summed E-state index contributed by atoms with van der Waals surface area (Å²) in [6, 6.07) is 1.87. The molecule has 0 fully saturated rings. The Hall–Kier alpha value is -1.05. The van der Waals surface area contributed by atoms with E-state index in [0.717, 1.165) is 5.56 Å². The van der Waals surface area contributed by atoms with Gasteiger partial charge in [-0.25, -0.2) is 4.79 Å². The van der Waals surface area contributed by atoms with E-state index in [9.17, 15) is 4.79 Å². The van der Waals surface area contributed by atoms with Gasteiger partial charge in [0.2, 0.25) is 0 Å². The maximum Gasteiger partial charge on any atom is 0.349 e. The number of methoxy groups -OCH3 is 1. The molecule has 0 saturated heterocycles. The predicted octanol–water partition coefficient (Wildman–Crippen LogP) is 2.76. The van der Waals surface area contributed by atoms with Crippen LogP contribution in [0.2, 0.25) is 19.6 Å². The van der Waals surface area contributed by atoms with Crippen molar-refractivity contribution in [3.63, 3.8) is 0 Å². The van der Waals surface area contributed by atoms with Gasteiger partial charge in [-0.2, -0.15) is 0 Å². The van der Waals surface area contributed by atoms with Crippen LogP contribution in [0.25, 0.3) is 0 Å². The van der Waals surface area contributed by atoms with E-state index in [4.69, 9.17) is 0 Å². The molecule has 0 unspecified atom stereocenters. The Bertz CT molecular complexity index is 418. The number of esters is 1. The monoisotopic (exact) mass is 238 g/mol. The van der Waals surface area contributed by atoms with Gasteiger partial charge in [-0.05, 0) is 11.4 Å². The molecule has 0 saturated carbocycles. The molecule has 0 aliphatic heterocycles. The summed E-state index contributed by atoms with van der Waals surface area (Å²) in [6.07, 6.45) is 0. The molecule has 1 aromatic rings. The Morgan fingerprint density at radius 1 is 1.47 bits per heavy atom. The van der Waals surface area contributed by atoms with Gasteiger partial charge in [0.1, 0.15) is 13.0 Å². The van der Waals surface area contributed by atoms with Crippen molar-refractivity contribution >= 4 is 25.4 Å². The van der Waals surface area contributed by atoms with Crippen LogP contribution in [0.5, 0.6) is 0 Å². The number of hydrogen-bond acceptors (Lipinski definition) is 3. The van der Waals surface area contributed by atoms with Crippen LogP contribution < -0.4 is 0 Å². The lowest BCUT2D eigenvalue weighted by Crippen LogP contribution is -2.16. The van der Waals surface area contributed by atoms with Crippen molar-refractivity contribution in [3.05, 3.63) is 21.9 Å². The van der Waals surface area contributed by atoms with E-state index >= 15 is 0 Å². The summed E-state index contributed by atoms with van der Waals surface area (Å²) in [5, 5.41) is 1.86. The molecule has 0 bridgehead atoms. The van der Waals surface area contributed by atoms with Crippen LogP contribution >= 0.6 is 11.3 Å². The number of thiophene rings is 1. The summed E-state index contributed by atoms with van der Waals surface area (Å²) in [5.41, 5.74) is 4.02. The summed E-state index contributed by atoms with van der Waals surface area (Å²) in [7, 11) is -0.00317. The van der Waals surface area contributed by atoms with Gasteiger partial charge in [0.25, 0.3) is 0 Å². The maximum atomic E-state index is 11.4. The van der Waals surface area contributed by atoms with Gasteiger partial charge in [-0.3, -0.25) is 0 Å². The van der Waals surface area contributed by atoms with Gasteiger partial charge >= 0.3 is 5.97 Å². The van der Waals surface area contributed by atoms with Crippen molar-refractivity contribution in [1.82, 2.24) is 0 Å². The molecule has 0 atom stereocenters. The average molecular weight is 238 g/mol. The first kappa shape index (κ1) is 12.0. The average Bonchev–Trinajstić information content (AvgIpc) is 2.60. The van der Waals surface area contributed by atoms with Crippen LogP contribution in [0.15, 0.2) is 11.4 Å². The lowest BCUT2D eigenvalue weighted by molar-refractivity contribution is 0.0606. The molecular weight excluding hydrogens is 224 g/mol. The lowest BCUT2D eigenvalue weighted by Gasteiger charge is -2.03. The fourth-order valence-electron chi connectivity index (χ4n) is 0.913. The fourth-order valence-corrected chi connectivity index (χ4v) is 2.19. The normalized spacial score (nSPS) is 10.4. The molecule has 4 heteroatoms. The van der Waals surface area contributed by atoms with Crippen LogP contribution in [-0.2, 0) is 4.74 Å². The summed E-state index contributed by atoms with van der Waals surface area (Å²) in [5.74, 6) is 2.77. The molecule has 0 aromatic carbocycles. The first-order valence-corrected chi connectivity index (χ1v) is 9.01. The van der Waals surface area contributed by atoms with E-state index < -0.39 is 8.07 Å². The van der Waals surface area contributed by atoms with Crippen LogP contribution in [0.3, 0.4) is 0 Å². The molecule has 0 N–H and O–H groups in total. The highest BCUT2D eigenvalue weighted by atomic mass is 32.1. The highest BCUT2D eigenvalue weighted by Crippen LogP contribution is 2.16. The first-order chi connectivity index (χ1) is 6.94. The van der Waals surface area contributed by atoms with Crippen LogP contribution in [-0.4, -0.2) is 21.2 Å². The number of ether oxygens (including phenoxy) is 1. The van der Waals surface area contributed by atoms with Crippen LogP contribution in [0.1, 0.15) is 15.2 Å². The van der Waals surface area contributed by atoms with Crippen molar-refractivity contribution in [2.45, 2.75) is 19.6 Å². The zero-order chi connectivity index (χ0) is 11.5. The van der Waals surface area contributed by atoms with Gasteiger partial charge in [-0.15, -0.1) is 16.9 Å². The van der Waals surface area contributed by atoms with Crippen LogP contribution in [0.4, 0.5) is 0 Å². The molecule has 0 amide bonds. The number of carbonyl (C=O) groups excluding carboxylic acids is 1. The molecule has 0 radical (unpaired) electrons. The quantitative estimate of drug-likeness (QED) is 0.427. The van der Waals surface area contributed by atoms with Crippen molar-refractivity contribution in [3.8, 4) is 11.5 Å². The van der Waals surface area contributed by atoms with E-state index in [1.165, 1.54) is 18.4 Å². The standard InChI is InChI=1S/C11H14O2SSi/c1-13-11(12)10-9(5-7-14-10)6-8-15(2,3)4/h5,7H,1-4H3. The zero-order valence-electron chi connectivity index (χ0n) is 9.38. The maximum absolute atomic E-state index is 11.4. The molecule has 15 heavy (non-hydrogen) atoms. The van der Waals surface area contributed by atoms with Gasteiger partial charge < -0.3 is 4.74 Å². The van der Waals surface area contributed by atoms with E-state index in [2.05, 4.69) is 35.8 Å². The van der Waals surface area contributed by atoms with Gasteiger partial charge in [-0.1, -0.05) is 25.6 Å².